The SMILES string of the molecule is C=C(C)OOC(=O)C(COc1ccc(C(C)(C)C)cc1)CPc1ccccc1-c1ccccc1O. The fourth-order valence-corrected chi connectivity index (χ4v) is 4.82. The number of carbonyl (C=O) groups is 1. The maximum Gasteiger partial charge on any atom is 0.362 e. The second-order valence-electron chi connectivity index (χ2n) is 9.41. The number of rotatable bonds is 10. The Kier molecular flexibility index (Phi) is 8.95. The van der Waals surface area contributed by atoms with Crippen molar-refractivity contribution in [3.63, 3.8) is 0 Å². The highest BCUT2D eigenvalue weighted by molar-refractivity contribution is 7.47. The van der Waals surface area contributed by atoms with E-state index in [1.54, 1.807) is 19.1 Å². The van der Waals surface area contributed by atoms with Crippen LogP contribution in [0.4, 0.5) is 0 Å². The van der Waals surface area contributed by atoms with E-state index in [9.17, 15) is 9.90 Å². The molecule has 2 atom stereocenters. The van der Waals surface area contributed by atoms with Crippen molar-refractivity contribution in [2.75, 3.05) is 12.8 Å². The lowest BCUT2D eigenvalue weighted by molar-refractivity contribution is -0.251. The van der Waals surface area contributed by atoms with E-state index in [0.717, 1.165) is 16.4 Å². The van der Waals surface area contributed by atoms with Crippen LogP contribution in [-0.4, -0.2) is 23.8 Å². The van der Waals surface area contributed by atoms with E-state index in [4.69, 9.17) is 14.5 Å². The first-order chi connectivity index (χ1) is 16.6. The van der Waals surface area contributed by atoms with Crippen molar-refractivity contribution in [1.82, 2.24) is 0 Å². The fraction of sp³-hybridized carbons (Fsp3) is 0.276. The molecule has 35 heavy (non-hydrogen) atoms. The lowest BCUT2D eigenvalue weighted by Gasteiger charge is -2.20. The number of ether oxygens (including phenoxy) is 1. The second-order valence-corrected chi connectivity index (χ2v) is 10.7. The third-order valence-electron chi connectivity index (χ3n) is 5.43. The highest BCUT2D eigenvalue weighted by atomic mass is 31.1. The van der Waals surface area contributed by atoms with Crippen LogP contribution < -0.4 is 10.0 Å². The summed E-state index contributed by atoms with van der Waals surface area (Å²) >= 11 is 0. The Morgan fingerprint density at radius 1 is 0.943 bits per heavy atom. The fourth-order valence-electron chi connectivity index (χ4n) is 3.45. The Morgan fingerprint density at radius 2 is 1.57 bits per heavy atom. The van der Waals surface area contributed by atoms with Crippen molar-refractivity contribution in [2.45, 2.75) is 33.1 Å². The molecule has 0 radical (unpaired) electrons. The molecule has 0 aliphatic rings. The molecule has 0 bridgehead atoms. The molecule has 2 unspecified atom stereocenters. The Balaban J connectivity index is 1.74. The number of hydrogen-bond donors (Lipinski definition) is 1. The lowest BCUT2D eigenvalue weighted by Crippen LogP contribution is -2.27. The van der Waals surface area contributed by atoms with E-state index in [2.05, 4.69) is 27.4 Å². The van der Waals surface area contributed by atoms with Crippen molar-refractivity contribution in [1.29, 1.82) is 0 Å². The van der Waals surface area contributed by atoms with Gasteiger partial charge in [0, 0.05) is 5.56 Å². The summed E-state index contributed by atoms with van der Waals surface area (Å²) in [6.07, 6.45) is 0.503. The first-order valence-corrected chi connectivity index (χ1v) is 12.7. The van der Waals surface area contributed by atoms with Gasteiger partial charge in [-0.1, -0.05) is 90.5 Å². The molecule has 184 valence electrons. The Hall–Kier alpha value is -3.30. The zero-order chi connectivity index (χ0) is 25.4. The van der Waals surface area contributed by atoms with Gasteiger partial charge in [-0.3, -0.25) is 9.78 Å². The molecule has 0 fully saturated rings. The minimum atomic E-state index is -0.549. The van der Waals surface area contributed by atoms with Crippen LogP contribution in [0.3, 0.4) is 0 Å². The number of hydrogen-bond acceptors (Lipinski definition) is 5. The minimum absolute atomic E-state index is 0.0481. The number of allylic oxidation sites excluding steroid dienone is 1. The average molecular weight is 493 g/mol. The predicted molar refractivity (Wildman–Crippen MR) is 142 cm³/mol. The van der Waals surface area contributed by atoms with Gasteiger partial charge < -0.3 is 9.84 Å². The molecule has 0 spiro atoms. The molecule has 3 rings (SSSR count). The molecule has 0 aliphatic carbocycles. The van der Waals surface area contributed by atoms with Crippen molar-refractivity contribution >= 4 is 19.9 Å². The quantitative estimate of drug-likeness (QED) is 0.154. The van der Waals surface area contributed by atoms with Crippen LogP contribution in [-0.2, 0) is 20.0 Å². The summed E-state index contributed by atoms with van der Waals surface area (Å²) in [5, 5.41) is 11.4. The monoisotopic (exact) mass is 492 g/mol. The van der Waals surface area contributed by atoms with Crippen LogP contribution in [0, 0.1) is 5.92 Å². The van der Waals surface area contributed by atoms with Gasteiger partial charge in [-0.05, 0) is 53.1 Å². The van der Waals surface area contributed by atoms with Crippen molar-refractivity contribution in [2.24, 2.45) is 5.92 Å². The van der Waals surface area contributed by atoms with E-state index in [-0.39, 0.29) is 26.4 Å². The van der Waals surface area contributed by atoms with E-state index in [1.807, 2.05) is 60.7 Å². The molecule has 0 aromatic heterocycles. The number of para-hydroxylation sites is 1. The number of aromatic hydroxyl groups is 1. The second kappa shape index (κ2) is 11.9. The van der Waals surface area contributed by atoms with Gasteiger partial charge in [0.15, 0.2) is 0 Å². The normalized spacial score (nSPS) is 12.3. The summed E-state index contributed by atoms with van der Waals surface area (Å²) in [6, 6.07) is 23.0. The molecule has 1 N–H and O–H groups in total. The number of benzene rings is 3. The minimum Gasteiger partial charge on any atom is -0.507 e. The van der Waals surface area contributed by atoms with Crippen LogP contribution in [0.2, 0.25) is 0 Å². The van der Waals surface area contributed by atoms with Crippen molar-refractivity contribution in [3.05, 3.63) is 90.7 Å². The maximum atomic E-state index is 12.8. The summed E-state index contributed by atoms with van der Waals surface area (Å²) in [5.74, 6) is 0.148. The zero-order valence-electron chi connectivity index (χ0n) is 20.7. The van der Waals surface area contributed by atoms with Gasteiger partial charge in [0.1, 0.15) is 23.9 Å². The van der Waals surface area contributed by atoms with E-state index < -0.39 is 11.9 Å². The van der Waals surface area contributed by atoms with Gasteiger partial charge in [0.05, 0.1) is 5.92 Å². The summed E-state index contributed by atoms with van der Waals surface area (Å²) in [4.78, 5) is 22.7. The summed E-state index contributed by atoms with van der Waals surface area (Å²) in [5.41, 5.74) is 2.95. The highest BCUT2D eigenvalue weighted by Crippen LogP contribution is 2.31. The average Bonchev–Trinajstić information content (AvgIpc) is 2.83. The molecular weight excluding hydrogens is 459 g/mol. The van der Waals surface area contributed by atoms with Gasteiger partial charge in [-0.15, -0.1) is 0 Å². The standard InChI is InChI=1S/C29H33O5P/c1-20(2)33-34-28(31)21(18-32-23-16-14-22(15-17-23)29(3,4)5)19-35-27-13-9-7-11-25(27)24-10-6-8-12-26(24)30/h6-17,21,30,35H,1,18-19H2,2-5H3. The molecule has 5 nitrogen and oxygen atoms in total. The van der Waals surface area contributed by atoms with Crippen LogP contribution in [0.1, 0.15) is 33.3 Å². The van der Waals surface area contributed by atoms with Crippen LogP contribution in [0.15, 0.2) is 85.1 Å². The zero-order valence-corrected chi connectivity index (χ0v) is 21.7. The maximum absolute atomic E-state index is 12.8. The largest absolute Gasteiger partial charge is 0.507 e. The lowest BCUT2D eigenvalue weighted by atomic mass is 9.87. The molecule has 6 heteroatoms. The summed E-state index contributed by atoms with van der Waals surface area (Å²) in [7, 11) is 0.285. The number of phenolic OH excluding ortho intramolecular Hbond substituents is 1. The third kappa shape index (κ3) is 7.60. The number of phenols is 1. The molecule has 0 aliphatic heterocycles. The first-order valence-electron chi connectivity index (χ1n) is 11.5. The molecular formula is C29H33O5P. The molecule has 0 amide bonds. The summed E-state index contributed by atoms with van der Waals surface area (Å²) < 4.78 is 5.97. The number of carbonyl (C=O) groups excluding carboxylic acids is 1. The smallest absolute Gasteiger partial charge is 0.362 e. The van der Waals surface area contributed by atoms with Gasteiger partial charge in [0.25, 0.3) is 0 Å². The van der Waals surface area contributed by atoms with Crippen LogP contribution in [0.25, 0.3) is 11.1 Å². The topological polar surface area (TPSA) is 65.0 Å². The molecule has 0 heterocycles. The van der Waals surface area contributed by atoms with Crippen molar-refractivity contribution < 1.29 is 24.4 Å². The van der Waals surface area contributed by atoms with Gasteiger partial charge in [-0.25, -0.2) is 4.79 Å². The predicted octanol–water partition coefficient (Wildman–Crippen LogP) is 6.36. The van der Waals surface area contributed by atoms with Gasteiger partial charge >= 0.3 is 5.97 Å². The highest BCUT2D eigenvalue weighted by Gasteiger charge is 2.24. The first kappa shape index (κ1) is 26.3. The Labute approximate surface area is 209 Å². The Bertz CT molecular complexity index is 1150. The van der Waals surface area contributed by atoms with E-state index >= 15 is 0 Å². The third-order valence-corrected chi connectivity index (χ3v) is 6.94. The molecule has 0 saturated heterocycles. The van der Waals surface area contributed by atoms with E-state index in [0.29, 0.717) is 17.7 Å². The molecule has 3 aromatic rings. The van der Waals surface area contributed by atoms with Gasteiger partial charge in [-0.2, -0.15) is 0 Å². The van der Waals surface area contributed by atoms with Gasteiger partial charge in [0.2, 0.25) is 0 Å². The Morgan fingerprint density at radius 3 is 2.20 bits per heavy atom. The van der Waals surface area contributed by atoms with Crippen LogP contribution in [0.5, 0.6) is 11.5 Å². The molecule has 0 saturated carbocycles. The van der Waals surface area contributed by atoms with E-state index in [1.165, 1.54) is 5.56 Å². The summed E-state index contributed by atoms with van der Waals surface area (Å²) in [6.45, 7) is 11.8. The molecule has 3 aromatic carbocycles. The van der Waals surface area contributed by atoms with Crippen LogP contribution >= 0.6 is 8.58 Å². The van der Waals surface area contributed by atoms with Crippen molar-refractivity contribution in [3.8, 4) is 22.6 Å².